The Morgan fingerprint density at radius 2 is 1.38 bits per heavy atom. The maximum absolute atomic E-state index is 15.4. The summed E-state index contributed by atoms with van der Waals surface area (Å²) in [4.78, 5) is 75.9. The van der Waals surface area contributed by atoms with Crippen molar-refractivity contribution in [2.45, 2.75) is 131 Å². The highest BCUT2D eigenvalue weighted by atomic mass is 79.9. The fourth-order valence-electron chi connectivity index (χ4n) is 8.01. The highest BCUT2D eigenvalue weighted by Gasteiger charge is 2.48. The Labute approximate surface area is 422 Å². The van der Waals surface area contributed by atoms with Crippen LogP contribution in [-0.2, 0) is 18.9 Å². The first-order valence-corrected chi connectivity index (χ1v) is 23.9. The molecular formula is C52H64BrFN6O11. The number of hydrogen-bond acceptors (Lipinski definition) is 13. The number of imide groups is 1. The number of rotatable bonds is 12. The van der Waals surface area contributed by atoms with Gasteiger partial charge in [0.25, 0.3) is 0 Å². The first-order chi connectivity index (χ1) is 32.9. The highest BCUT2D eigenvalue weighted by Crippen LogP contribution is 2.38. The number of halogens is 2. The number of allylic oxidation sites excluding steroid dienone is 3. The predicted molar refractivity (Wildman–Crippen MR) is 269 cm³/mol. The van der Waals surface area contributed by atoms with Gasteiger partial charge in [-0.2, -0.15) is 10.00 Å². The van der Waals surface area contributed by atoms with Gasteiger partial charge < -0.3 is 28.4 Å². The maximum Gasteiger partial charge on any atom is 0.425 e. The zero-order valence-electron chi connectivity index (χ0n) is 42.7. The van der Waals surface area contributed by atoms with Crippen molar-refractivity contribution in [1.29, 1.82) is 0 Å². The number of aryl methyl sites for hydroxylation is 1. The number of piperazine rings is 1. The van der Waals surface area contributed by atoms with E-state index in [1.807, 2.05) is 25.7 Å². The zero-order valence-corrected chi connectivity index (χ0v) is 44.3. The van der Waals surface area contributed by atoms with Crippen LogP contribution in [0.15, 0.2) is 84.0 Å². The predicted octanol–water partition coefficient (Wildman–Crippen LogP) is 11.6. The second-order valence-corrected chi connectivity index (χ2v) is 22.2. The SMILES string of the molecule is C=C/C(F)=C(\C=C)Oc1ccc(-n2ncc(C(=O)c3cc4cc(OCCN5CC6CC(C5)N6C(=O)OC(C)(C)C)c(Br)cc4n3C(=O)OC(C)(C)C)c2N(C(=O)OC(C)(C)C)C(=O)OC(C)(C)C)c(C)c1. The summed E-state index contributed by atoms with van der Waals surface area (Å²) in [6.45, 7) is 31.2. The van der Waals surface area contributed by atoms with Gasteiger partial charge in [0.2, 0.25) is 5.78 Å². The smallest absolute Gasteiger partial charge is 0.425 e. The molecule has 3 aliphatic heterocycles. The van der Waals surface area contributed by atoms with E-state index in [4.69, 9.17) is 28.4 Å². The minimum Gasteiger partial charge on any atom is -0.491 e. The van der Waals surface area contributed by atoms with E-state index < -0.39 is 52.3 Å². The molecule has 0 aliphatic carbocycles. The summed E-state index contributed by atoms with van der Waals surface area (Å²) in [5.41, 5.74) is -3.38. The van der Waals surface area contributed by atoms with Crippen molar-refractivity contribution in [1.82, 2.24) is 24.1 Å². The molecule has 5 heterocycles. The Hall–Kier alpha value is -6.47. The van der Waals surface area contributed by atoms with E-state index in [9.17, 15) is 23.6 Å². The molecule has 0 spiro atoms. The fourth-order valence-corrected chi connectivity index (χ4v) is 8.45. The van der Waals surface area contributed by atoms with Crippen LogP contribution in [0.3, 0.4) is 0 Å². The quantitative estimate of drug-likeness (QED) is 0.0568. The number of carbonyl (C=O) groups excluding carboxylic acids is 5. The number of carbonyl (C=O) groups is 5. The number of anilines is 1. The van der Waals surface area contributed by atoms with Gasteiger partial charge in [0, 0.05) is 25.0 Å². The molecule has 0 saturated carbocycles. The van der Waals surface area contributed by atoms with Crippen molar-refractivity contribution in [3.63, 3.8) is 0 Å². The molecular weight excluding hydrogens is 984 g/mol. The number of hydrogen-bond donors (Lipinski definition) is 0. The summed E-state index contributed by atoms with van der Waals surface area (Å²) in [5, 5.41) is 4.98. The fraction of sp³-hybridized carbons (Fsp3) is 0.462. The summed E-state index contributed by atoms with van der Waals surface area (Å²) in [6.07, 6.45) is 0.665. The van der Waals surface area contributed by atoms with Crippen LogP contribution in [0.1, 0.15) is 111 Å². The third-order valence-corrected chi connectivity index (χ3v) is 11.4. The molecule has 17 nitrogen and oxygen atoms in total. The largest absolute Gasteiger partial charge is 0.491 e. The van der Waals surface area contributed by atoms with E-state index in [0.29, 0.717) is 45.7 Å². The summed E-state index contributed by atoms with van der Waals surface area (Å²) in [6, 6.07) is 9.50. The second-order valence-electron chi connectivity index (χ2n) is 21.3. The molecule has 2 bridgehead atoms. The zero-order chi connectivity index (χ0) is 52.7. The van der Waals surface area contributed by atoms with Crippen LogP contribution in [0.2, 0.25) is 0 Å². The number of benzene rings is 2. The lowest BCUT2D eigenvalue weighted by atomic mass is 9.88. The number of aromatic nitrogens is 3. The van der Waals surface area contributed by atoms with Crippen molar-refractivity contribution in [2.24, 2.45) is 0 Å². The maximum atomic E-state index is 15.4. The van der Waals surface area contributed by atoms with E-state index in [0.717, 1.165) is 17.1 Å². The molecule has 2 atom stereocenters. The summed E-state index contributed by atoms with van der Waals surface area (Å²) < 4.78 is 52.3. The van der Waals surface area contributed by atoms with Gasteiger partial charge in [0.1, 0.15) is 46.2 Å². The van der Waals surface area contributed by atoms with Crippen LogP contribution in [0, 0.1) is 6.92 Å². The van der Waals surface area contributed by atoms with E-state index in [1.165, 1.54) is 35.2 Å². The Balaban J connectivity index is 1.43. The Morgan fingerprint density at radius 1 is 0.803 bits per heavy atom. The standard InChI is InChI=1S/C52H64BrFN6O11/c1-16-37(54)41(17-2)67-34-18-19-38(30(3)22-34)60-44(59(47(64)70-51(10,11)12)48(65)71-52(13,14)15)35(27-55-60)43(61)40-23-31-24-42(36(53)26-39(31)58(40)46(63)69-50(7,8)9)66-21-20-56-28-32-25-33(29-56)57(32)45(62)68-49(4,5)6/h16-19,22-24,26-27,32-33H,1-2,20-21,25,28-29H2,3-15H3/b41-37-. The molecule has 7 rings (SSSR count). The van der Waals surface area contributed by atoms with Gasteiger partial charge in [0.15, 0.2) is 17.4 Å². The number of ether oxygens (including phenoxy) is 6. The molecule has 3 aliphatic rings. The van der Waals surface area contributed by atoms with Gasteiger partial charge in [-0.1, -0.05) is 13.2 Å². The van der Waals surface area contributed by atoms with E-state index in [1.54, 1.807) is 87.4 Å². The summed E-state index contributed by atoms with van der Waals surface area (Å²) in [5.74, 6) is -1.53. The third-order valence-electron chi connectivity index (χ3n) is 10.8. The number of piperidine rings is 1. The lowest BCUT2D eigenvalue weighted by Crippen LogP contribution is -2.70. The van der Waals surface area contributed by atoms with E-state index in [-0.39, 0.29) is 64.6 Å². The molecule has 382 valence electrons. The van der Waals surface area contributed by atoms with Crippen molar-refractivity contribution in [3.8, 4) is 17.2 Å². The monoisotopic (exact) mass is 1050 g/mol. The van der Waals surface area contributed by atoms with Crippen LogP contribution in [0.5, 0.6) is 11.5 Å². The molecule has 0 radical (unpaired) electrons. The molecule has 3 fully saturated rings. The van der Waals surface area contributed by atoms with Crippen LogP contribution >= 0.6 is 15.9 Å². The molecule has 0 N–H and O–H groups in total. The lowest BCUT2D eigenvalue weighted by molar-refractivity contribution is -0.0777. The Morgan fingerprint density at radius 3 is 1.92 bits per heavy atom. The summed E-state index contributed by atoms with van der Waals surface area (Å²) >= 11 is 3.61. The highest BCUT2D eigenvalue weighted by molar-refractivity contribution is 9.10. The molecule has 19 heteroatoms. The van der Waals surface area contributed by atoms with Gasteiger partial charge in [-0.05, 0) is 166 Å². The van der Waals surface area contributed by atoms with Gasteiger partial charge in [-0.3, -0.25) is 14.6 Å². The van der Waals surface area contributed by atoms with Crippen LogP contribution in [0.25, 0.3) is 16.6 Å². The van der Waals surface area contributed by atoms with Crippen molar-refractivity contribution >= 4 is 62.8 Å². The van der Waals surface area contributed by atoms with Gasteiger partial charge in [0.05, 0.1) is 39.5 Å². The average molecular weight is 1050 g/mol. The number of amides is 3. The molecule has 2 unspecified atom stereocenters. The minimum absolute atomic E-state index is 0.0514. The first kappa shape index (κ1) is 53.9. The molecule has 4 aromatic rings. The number of fused-ring (bicyclic) bond motifs is 3. The van der Waals surface area contributed by atoms with Crippen LogP contribution in [0.4, 0.5) is 29.4 Å². The summed E-state index contributed by atoms with van der Waals surface area (Å²) in [7, 11) is 0. The van der Waals surface area contributed by atoms with Crippen molar-refractivity contribution < 1.29 is 56.8 Å². The second kappa shape index (κ2) is 20.3. The van der Waals surface area contributed by atoms with Gasteiger partial charge in [-0.15, -0.1) is 0 Å². The van der Waals surface area contributed by atoms with E-state index in [2.05, 4.69) is 39.1 Å². The lowest BCUT2D eigenvalue weighted by Gasteiger charge is -2.55. The van der Waals surface area contributed by atoms with Gasteiger partial charge >= 0.3 is 24.4 Å². The molecule has 71 heavy (non-hydrogen) atoms. The molecule has 2 aromatic carbocycles. The van der Waals surface area contributed by atoms with Crippen LogP contribution in [-0.4, -0.2) is 115 Å². The molecule has 3 saturated heterocycles. The first-order valence-electron chi connectivity index (χ1n) is 23.2. The Kier molecular flexibility index (Phi) is 15.4. The van der Waals surface area contributed by atoms with Crippen molar-refractivity contribution in [2.75, 3.05) is 31.1 Å². The topological polar surface area (TPSA) is 173 Å². The average Bonchev–Trinajstić information content (AvgIpc) is 3.81. The third kappa shape index (κ3) is 12.7. The number of ketones is 1. The van der Waals surface area contributed by atoms with Gasteiger partial charge in [-0.25, -0.2) is 32.8 Å². The molecule has 3 amide bonds. The number of nitrogens with zero attached hydrogens (tertiary/aromatic N) is 6. The molecule has 2 aromatic heterocycles. The van der Waals surface area contributed by atoms with Crippen molar-refractivity contribution in [3.05, 3.63) is 101 Å². The Bertz CT molecular complexity index is 2760. The van der Waals surface area contributed by atoms with Crippen LogP contribution < -0.4 is 14.4 Å². The normalized spacial score (nSPS) is 16.6. The minimum atomic E-state index is -1.19. The van der Waals surface area contributed by atoms with E-state index >= 15 is 4.79 Å².